The Morgan fingerprint density at radius 2 is 1.71 bits per heavy atom. The van der Waals surface area contributed by atoms with Gasteiger partial charge in [0, 0.05) is 12.5 Å². The van der Waals surface area contributed by atoms with Gasteiger partial charge >= 0.3 is 12.1 Å². The van der Waals surface area contributed by atoms with E-state index in [1.165, 1.54) is 6.20 Å². The van der Waals surface area contributed by atoms with E-state index in [-0.39, 0.29) is 36.4 Å². The van der Waals surface area contributed by atoms with E-state index < -0.39 is 18.0 Å². The molecule has 1 aliphatic rings. The summed E-state index contributed by atoms with van der Waals surface area (Å²) in [7, 11) is 0. The Labute approximate surface area is 207 Å². The Hall–Kier alpha value is -3.72. The topological polar surface area (TPSA) is 118 Å². The fraction of sp³-hybridized carbons (Fsp3) is 0.308. The van der Waals surface area contributed by atoms with Gasteiger partial charge in [-0.1, -0.05) is 61.9 Å². The molecule has 35 heavy (non-hydrogen) atoms. The van der Waals surface area contributed by atoms with Crippen LogP contribution < -0.4 is 10.6 Å². The maximum Gasteiger partial charge on any atom is 0.407 e. The number of ether oxygens (including phenoxy) is 1. The fourth-order valence-electron chi connectivity index (χ4n) is 4.33. The van der Waals surface area contributed by atoms with Crippen molar-refractivity contribution >= 4 is 29.3 Å². The lowest BCUT2D eigenvalue weighted by Gasteiger charge is -2.18. The second kappa shape index (κ2) is 11.1. The number of rotatable bonds is 10. The summed E-state index contributed by atoms with van der Waals surface area (Å²) in [6.45, 7) is 2.46. The SMILES string of the molecule is CCCC(CNC(=O)OCC1c2ccccc2-c2ccccc21)C(=O)NCc1ncc(C(=O)O)s1. The van der Waals surface area contributed by atoms with E-state index in [4.69, 9.17) is 9.84 Å². The molecule has 1 heterocycles. The first-order valence-corrected chi connectivity index (χ1v) is 12.3. The predicted octanol–water partition coefficient (Wildman–Crippen LogP) is 4.41. The standard InChI is InChI=1S/C26H27N3O5S/c1-2-7-16(24(30)28-14-23-27-13-22(35-23)25(31)32)12-29-26(33)34-15-21-19-10-5-3-8-17(19)18-9-4-6-11-20(18)21/h3-6,8-11,13,16,21H,2,7,12,14-15H2,1H3,(H,28,30)(H,29,33)(H,31,32). The number of nitrogens with zero attached hydrogens (tertiary/aromatic N) is 1. The van der Waals surface area contributed by atoms with E-state index in [0.717, 1.165) is 40.0 Å². The van der Waals surface area contributed by atoms with Crippen molar-refractivity contribution in [3.8, 4) is 11.1 Å². The molecule has 1 aromatic heterocycles. The van der Waals surface area contributed by atoms with Gasteiger partial charge in [0.25, 0.3) is 0 Å². The minimum atomic E-state index is -1.05. The molecular weight excluding hydrogens is 466 g/mol. The van der Waals surface area contributed by atoms with Gasteiger partial charge in [0.1, 0.15) is 16.5 Å². The largest absolute Gasteiger partial charge is 0.477 e. The third-order valence-corrected chi connectivity index (χ3v) is 7.01. The van der Waals surface area contributed by atoms with Crippen LogP contribution in [0.5, 0.6) is 0 Å². The quantitative estimate of drug-likeness (QED) is 0.385. The molecule has 2 aromatic carbocycles. The molecule has 1 unspecified atom stereocenters. The highest BCUT2D eigenvalue weighted by molar-refractivity contribution is 7.13. The van der Waals surface area contributed by atoms with Crippen LogP contribution in [0.25, 0.3) is 11.1 Å². The van der Waals surface area contributed by atoms with Crippen LogP contribution in [0, 0.1) is 5.92 Å². The van der Waals surface area contributed by atoms with Crippen molar-refractivity contribution in [3.05, 3.63) is 75.7 Å². The van der Waals surface area contributed by atoms with E-state index in [2.05, 4.69) is 39.9 Å². The zero-order valence-electron chi connectivity index (χ0n) is 19.3. The van der Waals surface area contributed by atoms with Gasteiger partial charge in [0.15, 0.2) is 0 Å². The molecule has 0 aliphatic heterocycles. The van der Waals surface area contributed by atoms with Crippen molar-refractivity contribution in [2.24, 2.45) is 5.92 Å². The Kier molecular flexibility index (Phi) is 7.77. The number of aromatic carboxylic acids is 1. The Bertz CT molecular complexity index is 1180. The molecule has 0 fully saturated rings. The normalized spacial score (nSPS) is 12.9. The van der Waals surface area contributed by atoms with Gasteiger partial charge in [0.05, 0.1) is 18.7 Å². The van der Waals surface area contributed by atoms with Crippen LogP contribution in [0.15, 0.2) is 54.7 Å². The van der Waals surface area contributed by atoms with Crippen molar-refractivity contribution in [2.75, 3.05) is 13.2 Å². The summed E-state index contributed by atoms with van der Waals surface area (Å²) in [6.07, 6.45) is 2.07. The van der Waals surface area contributed by atoms with Gasteiger partial charge < -0.3 is 20.5 Å². The minimum absolute atomic E-state index is 0.0307. The molecule has 3 aromatic rings. The second-order valence-corrected chi connectivity index (χ2v) is 9.45. The second-order valence-electron chi connectivity index (χ2n) is 8.33. The average molecular weight is 494 g/mol. The van der Waals surface area contributed by atoms with E-state index in [9.17, 15) is 14.4 Å². The maximum absolute atomic E-state index is 12.7. The maximum atomic E-state index is 12.7. The summed E-state index contributed by atoms with van der Waals surface area (Å²) in [5.41, 5.74) is 4.59. The number of fused-ring (bicyclic) bond motifs is 3. The Morgan fingerprint density at radius 1 is 1.06 bits per heavy atom. The first-order chi connectivity index (χ1) is 17.0. The molecule has 4 rings (SSSR count). The molecule has 9 heteroatoms. The van der Waals surface area contributed by atoms with Crippen molar-refractivity contribution in [2.45, 2.75) is 32.2 Å². The van der Waals surface area contributed by atoms with Gasteiger partial charge in [-0.25, -0.2) is 14.6 Å². The predicted molar refractivity (Wildman–Crippen MR) is 132 cm³/mol. The van der Waals surface area contributed by atoms with Crippen LogP contribution in [-0.4, -0.2) is 41.2 Å². The number of hydrogen-bond acceptors (Lipinski definition) is 6. The van der Waals surface area contributed by atoms with Gasteiger partial charge in [-0.2, -0.15) is 0 Å². The Morgan fingerprint density at radius 3 is 2.31 bits per heavy atom. The smallest absolute Gasteiger partial charge is 0.407 e. The number of thiazole rings is 1. The van der Waals surface area contributed by atoms with Gasteiger partial charge in [0.2, 0.25) is 5.91 Å². The lowest BCUT2D eigenvalue weighted by atomic mass is 9.98. The zero-order valence-corrected chi connectivity index (χ0v) is 20.1. The van der Waals surface area contributed by atoms with Crippen LogP contribution in [-0.2, 0) is 16.1 Å². The minimum Gasteiger partial charge on any atom is -0.477 e. The van der Waals surface area contributed by atoms with E-state index in [1.54, 1.807) is 0 Å². The molecule has 0 radical (unpaired) electrons. The summed E-state index contributed by atoms with van der Waals surface area (Å²) >= 11 is 1.02. The number of hydrogen-bond donors (Lipinski definition) is 3. The van der Waals surface area contributed by atoms with Crippen molar-refractivity contribution < 1.29 is 24.2 Å². The highest BCUT2D eigenvalue weighted by atomic mass is 32.1. The summed E-state index contributed by atoms with van der Waals surface area (Å²) in [5, 5.41) is 15.0. The summed E-state index contributed by atoms with van der Waals surface area (Å²) in [5.74, 6) is -1.73. The van der Waals surface area contributed by atoms with E-state index in [0.29, 0.717) is 11.4 Å². The Balaban J connectivity index is 1.29. The van der Waals surface area contributed by atoms with Crippen molar-refractivity contribution in [1.82, 2.24) is 15.6 Å². The molecule has 1 aliphatic carbocycles. The number of carbonyl (C=O) groups is 3. The van der Waals surface area contributed by atoms with Gasteiger partial charge in [-0.3, -0.25) is 4.79 Å². The zero-order chi connectivity index (χ0) is 24.8. The third kappa shape index (κ3) is 5.68. The first kappa shape index (κ1) is 24.4. The number of carboxylic acids is 1. The molecule has 0 saturated carbocycles. The monoisotopic (exact) mass is 493 g/mol. The van der Waals surface area contributed by atoms with Crippen LogP contribution in [0.2, 0.25) is 0 Å². The molecule has 0 spiro atoms. The van der Waals surface area contributed by atoms with Crippen molar-refractivity contribution in [3.63, 3.8) is 0 Å². The lowest BCUT2D eigenvalue weighted by molar-refractivity contribution is -0.125. The molecule has 1 atom stereocenters. The molecule has 2 amide bonds. The van der Waals surface area contributed by atoms with E-state index >= 15 is 0 Å². The van der Waals surface area contributed by atoms with Crippen LogP contribution in [0.1, 0.15) is 51.5 Å². The molecule has 182 valence electrons. The van der Waals surface area contributed by atoms with Crippen molar-refractivity contribution in [1.29, 1.82) is 0 Å². The fourth-order valence-corrected chi connectivity index (χ4v) is 5.02. The number of carboxylic acid groups (broad SMARTS) is 1. The number of aromatic nitrogens is 1. The first-order valence-electron chi connectivity index (χ1n) is 11.5. The van der Waals surface area contributed by atoms with Crippen LogP contribution >= 0.6 is 11.3 Å². The van der Waals surface area contributed by atoms with Gasteiger partial charge in [-0.05, 0) is 28.7 Å². The van der Waals surface area contributed by atoms with E-state index in [1.807, 2.05) is 31.2 Å². The summed E-state index contributed by atoms with van der Waals surface area (Å²) in [6, 6.07) is 16.3. The number of nitrogens with one attached hydrogen (secondary N) is 2. The molecule has 0 saturated heterocycles. The number of amides is 2. The number of benzene rings is 2. The molecular formula is C26H27N3O5S. The van der Waals surface area contributed by atoms with Crippen LogP contribution in [0.3, 0.4) is 0 Å². The third-order valence-electron chi connectivity index (χ3n) is 6.02. The highest BCUT2D eigenvalue weighted by Gasteiger charge is 2.29. The average Bonchev–Trinajstić information content (AvgIpc) is 3.47. The summed E-state index contributed by atoms with van der Waals surface area (Å²) < 4.78 is 5.56. The van der Waals surface area contributed by atoms with Gasteiger partial charge in [-0.15, -0.1) is 11.3 Å². The number of alkyl carbamates (subject to hydrolysis) is 1. The highest BCUT2D eigenvalue weighted by Crippen LogP contribution is 2.44. The molecule has 8 nitrogen and oxygen atoms in total. The number of carbonyl (C=O) groups excluding carboxylic acids is 2. The summed E-state index contributed by atoms with van der Waals surface area (Å²) in [4.78, 5) is 40.3. The molecule has 0 bridgehead atoms. The molecule has 3 N–H and O–H groups in total. The van der Waals surface area contributed by atoms with Crippen LogP contribution in [0.4, 0.5) is 4.79 Å². The lowest BCUT2D eigenvalue weighted by Crippen LogP contribution is -2.39.